The Bertz CT molecular complexity index is 1140. The normalized spacial score (nSPS) is 17.8. The van der Waals surface area contributed by atoms with E-state index in [1.807, 2.05) is 61.5 Å². The quantitative estimate of drug-likeness (QED) is 0.525. The number of para-hydroxylation sites is 1. The van der Waals surface area contributed by atoms with Gasteiger partial charge in [0.2, 0.25) is 11.9 Å². The lowest BCUT2D eigenvalue weighted by molar-refractivity contribution is -0.121. The number of nitrogens with one attached hydrogen (secondary N) is 2. The van der Waals surface area contributed by atoms with Gasteiger partial charge in [0.05, 0.1) is 26.2 Å². The Morgan fingerprint density at radius 3 is 2.38 bits per heavy atom. The monoisotopic (exact) mass is 463 g/mol. The molecule has 0 spiro atoms. The minimum Gasteiger partial charge on any atom is -0.493 e. The number of hydrogen-bond donors (Lipinski definition) is 2. The summed E-state index contributed by atoms with van der Waals surface area (Å²) in [5.41, 5.74) is 1.83. The van der Waals surface area contributed by atoms with E-state index in [9.17, 15) is 4.79 Å². The molecule has 0 atom stereocenters. The van der Waals surface area contributed by atoms with Crippen LogP contribution in [-0.4, -0.2) is 56.3 Å². The van der Waals surface area contributed by atoms with Gasteiger partial charge in [0.25, 0.3) is 0 Å². The average Bonchev–Trinajstić information content (AvgIpc) is 2.84. The zero-order valence-electron chi connectivity index (χ0n) is 20.3. The number of carbonyl (C=O) groups excluding carboxylic acids is 1. The number of anilines is 2. The third kappa shape index (κ3) is 5.50. The van der Waals surface area contributed by atoms with Gasteiger partial charge in [-0.05, 0) is 55.5 Å². The van der Waals surface area contributed by atoms with Gasteiger partial charge >= 0.3 is 0 Å². The molecule has 3 aromatic rings. The van der Waals surface area contributed by atoms with Crippen molar-refractivity contribution in [2.45, 2.75) is 44.2 Å². The van der Waals surface area contributed by atoms with Crippen LogP contribution in [0.4, 0.5) is 11.8 Å². The molecule has 1 aromatic heterocycles. The van der Waals surface area contributed by atoms with Crippen LogP contribution in [0.1, 0.15) is 31.2 Å². The van der Waals surface area contributed by atoms with E-state index in [1.54, 1.807) is 14.2 Å². The van der Waals surface area contributed by atoms with Gasteiger partial charge in [-0.15, -0.1) is 0 Å². The van der Waals surface area contributed by atoms with Crippen LogP contribution in [0.5, 0.6) is 11.5 Å². The lowest BCUT2D eigenvalue weighted by Gasteiger charge is -2.30. The largest absolute Gasteiger partial charge is 0.493 e. The second-order valence-corrected chi connectivity index (χ2v) is 8.91. The van der Waals surface area contributed by atoms with Crippen LogP contribution in [-0.2, 0) is 11.2 Å². The maximum atomic E-state index is 12.6. The third-order valence-electron chi connectivity index (χ3n) is 6.24. The zero-order chi connectivity index (χ0) is 24.1. The first-order valence-electron chi connectivity index (χ1n) is 11.7. The number of ether oxygens (including phenoxy) is 2. The van der Waals surface area contributed by atoms with Crippen molar-refractivity contribution in [3.63, 3.8) is 0 Å². The third-order valence-corrected chi connectivity index (χ3v) is 6.24. The fourth-order valence-corrected chi connectivity index (χ4v) is 4.48. The fourth-order valence-electron chi connectivity index (χ4n) is 4.48. The molecule has 4 rings (SSSR count). The molecule has 1 saturated carbocycles. The maximum absolute atomic E-state index is 12.6. The van der Waals surface area contributed by atoms with E-state index in [-0.39, 0.29) is 18.0 Å². The number of benzene rings is 2. The van der Waals surface area contributed by atoms with Crippen LogP contribution in [0.15, 0.2) is 42.5 Å². The number of amides is 1. The summed E-state index contributed by atoms with van der Waals surface area (Å²) >= 11 is 0. The Hall–Kier alpha value is -3.55. The number of nitrogens with zero attached hydrogens (tertiary/aromatic N) is 3. The predicted molar refractivity (Wildman–Crippen MR) is 135 cm³/mol. The molecule has 1 amide bonds. The second-order valence-electron chi connectivity index (χ2n) is 8.91. The Balaban J connectivity index is 1.31. The molecular weight excluding hydrogens is 430 g/mol. The number of methoxy groups -OCH3 is 2. The van der Waals surface area contributed by atoms with E-state index in [0.717, 1.165) is 48.0 Å². The molecule has 1 fully saturated rings. The van der Waals surface area contributed by atoms with Crippen LogP contribution < -0.4 is 25.0 Å². The SMILES string of the molecule is COc1ccc(CC(=O)N[C@H]2CC[C@@H](Nc3nc(N(C)C)c4ccccc4n3)CC2)cc1OC. The first kappa shape index (κ1) is 23.6. The summed E-state index contributed by atoms with van der Waals surface area (Å²) in [5, 5.41) is 7.75. The first-order chi connectivity index (χ1) is 16.5. The van der Waals surface area contributed by atoms with Crippen molar-refractivity contribution in [1.29, 1.82) is 0 Å². The molecule has 2 N–H and O–H groups in total. The van der Waals surface area contributed by atoms with Crippen molar-refractivity contribution in [1.82, 2.24) is 15.3 Å². The topological polar surface area (TPSA) is 88.6 Å². The molecule has 1 aliphatic carbocycles. The minimum absolute atomic E-state index is 0.0251. The smallest absolute Gasteiger partial charge is 0.225 e. The van der Waals surface area contributed by atoms with Gasteiger partial charge in [-0.25, -0.2) is 4.98 Å². The molecule has 0 unspecified atom stereocenters. The summed E-state index contributed by atoms with van der Waals surface area (Å²) in [4.78, 5) is 24.1. The Labute approximate surface area is 200 Å². The molecule has 2 aromatic carbocycles. The van der Waals surface area contributed by atoms with Gasteiger partial charge in [0.1, 0.15) is 5.82 Å². The van der Waals surface area contributed by atoms with Gasteiger partial charge in [-0.2, -0.15) is 4.98 Å². The molecule has 0 radical (unpaired) electrons. The Kier molecular flexibility index (Phi) is 7.35. The summed E-state index contributed by atoms with van der Waals surface area (Å²) in [6, 6.07) is 14.1. The zero-order valence-corrected chi connectivity index (χ0v) is 20.3. The standard InChI is InChI=1S/C26H33N5O3/c1-31(2)25-20-7-5-6-8-21(20)29-26(30-25)28-19-12-10-18(11-13-19)27-24(32)16-17-9-14-22(33-3)23(15-17)34-4/h5-9,14-15,18-19H,10-13,16H2,1-4H3,(H,27,32)(H,28,29,30)/t18-,19+. The van der Waals surface area contributed by atoms with Crippen LogP contribution in [0.25, 0.3) is 10.9 Å². The fraction of sp³-hybridized carbons (Fsp3) is 0.423. The average molecular weight is 464 g/mol. The summed E-state index contributed by atoms with van der Waals surface area (Å²) in [5.74, 6) is 2.88. The summed E-state index contributed by atoms with van der Waals surface area (Å²) in [7, 11) is 7.18. The van der Waals surface area contributed by atoms with Crippen LogP contribution in [0, 0.1) is 0 Å². The first-order valence-corrected chi connectivity index (χ1v) is 11.7. The van der Waals surface area contributed by atoms with E-state index in [4.69, 9.17) is 19.4 Å². The summed E-state index contributed by atoms with van der Waals surface area (Å²) in [6.07, 6.45) is 4.06. The maximum Gasteiger partial charge on any atom is 0.225 e. The second kappa shape index (κ2) is 10.6. The van der Waals surface area contributed by atoms with Crippen LogP contribution in [0.3, 0.4) is 0 Å². The minimum atomic E-state index is 0.0251. The molecule has 8 nitrogen and oxygen atoms in total. The number of aromatic nitrogens is 2. The molecular formula is C26H33N5O3. The van der Waals surface area contributed by atoms with Crippen molar-refractivity contribution in [3.8, 4) is 11.5 Å². The van der Waals surface area contributed by atoms with Crippen molar-refractivity contribution >= 4 is 28.6 Å². The van der Waals surface area contributed by atoms with Crippen molar-refractivity contribution in [2.24, 2.45) is 0 Å². The number of fused-ring (bicyclic) bond motifs is 1. The van der Waals surface area contributed by atoms with Crippen LogP contribution >= 0.6 is 0 Å². The van der Waals surface area contributed by atoms with E-state index >= 15 is 0 Å². The molecule has 0 saturated heterocycles. The molecule has 34 heavy (non-hydrogen) atoms. The van der Waals surface area contributed by atoms with Crippen molar-refractivity contribution in [3.05, 3.63) is 48.0 Å². The summed E-state index contributed by atoms with van der Waals surface area (Å²) < 4.78 is 10.6. The molecule has 0 aliphatic heterocycles. The van der Waals surface area contributed by atoms with Crippen molar-refractivity contribution < 1.29 is 14.3 Å². The van der Waals surface area contributed by atoms with Crippen molar-refractivity contribution in [2.75, 3.05) is 38.5 Å². The Morgan fingerprint density at radius 2 is 1.68 bits per heavy atom. The van der Waals surface area contributed by atoms with E-state index in [1.165, 1.54) is 0 Å². The molecule has 8 heteroatoms. The number of hydrogen-bond acceptors (Lipinski definition) is 7. The molecule has 1 aliphatic rings. The molecule has 180 valence electrons. The highest BCUT2D eigenvalue weighted by Crippen LogP contribution is 2.28. The van der Waals surface area contributed by atoms with E-state index < -0.39 is 0 Å². The highest BCUT2D eigenvalue weighted by Gasteiger charge is 2.23. The van der Waals surface area contributed by atoms with Gasteiger partial charge in [0.15, 0.2) is 11.5 Å². The predicted octanol–water partition coefficient (Wildman–Crippen LogP) is 3.80. The van der Waals surface area contributed by atoms with Gasteiger partial charge in [-0.1, -0.05) is 18.2 Å². The number of rotatable bonds is 8. The lowest BCUT2D eigenvalue weighted by Crippen LogP contribution is -2.40. The Morgan fingerprint density at radius 1 is 0.971 bits per heavy atom. The van der Waals surface area contributed by atoms with Crippen LogP contribution in [0.2, 0.25) is 0 Å². The van der Waals surface area contributed by atoms with Gasteiger partial charge in [-0.3, -0.25) is 4.79 Å². The lowest BCUT2D eigenvalue weighted by atomic mass is 9.91. The molecule has 1 heterocycles. The molecule has 0 bridgehead atoms. The van der Waals surface area contributed by atoms with E-state index in [0.29, 0.717) is 23.9 Å². The van der Waals surface area contributed by atoms with Gasteiger partial charge in [0, 0.05) is 31.6 Å². The highest BCUT2D eigenvalue weighted by atomic mass is 16.5. The number of carbonyl (C=O) groups is 1. The van der Waals surface area contributed by atoms with E-state index in [2.05, 4.69) is 10.6 Å². The summed E-state index contributed by atoms with van der Waals surface area (Å²) in [6.45, 7) is 0. The highest BCUT2D eigenvalue weighted by molar-refractivity contribution is 5.90. The van der Waals surface area contributed by atoms with Gasteiger partial charge < -0.3 is 25.0 Å².